The van der Waals surface area contributed by atoms with Gasteiger partial charge in [0.05, 0.1) is 27.4 Å². The molecule has 1 saturated heterocycles. The monoisotopic (exact) mass is 504 g/mol. The lowest BCUT2D eigenvalue weighted by molar-refractivity contribution is 0.00578. The van der Waals surface area contributed by atoms with Crippen LogP contribution in [0.2, 0.25) is 5.02 Å². The summed E-state index contributed by atoms with van der Waals surface area (Å²) in [4.78, 5) is 15.6. The average Bonchev–Trinajstić information content (AvgIpc) is 3.09. The van der Waals surface area contributed by atoms with Crippen LogP contribution in [0.4, 0.5) is 0 Å². The topological polar surface area (TPSA) is 90.7 Å². The third-order valence-electron chi connectivity index (χ3n) is 6.38. The van der Waals surface area contributed by atoms with Crippen molar-refractivity contribution in [2.45, 2.75) is 52.1 Å². The van der Waals surface area contributed by atoms with Gasteiger partial charge in [0.15, 0.2) is 6.29 Å². The van der Waals surface area contributed by atoms with E-state index < -0.39 is 18.3 Å². The summed E-state index contributed by atoms with van der Waals surface area (Å²) >= 11 is 6.38. The van der Waals surface area contributed by atoms with E-state index in [1.54, 1.807) is 18.3 Å². The molecule has 3 aromatic rings. The normalized spacial score (nSPS) is 15.8. The highest BCUT2D eigenvalue weighted by atomic mass is 35.5. The van der Waals surface area contributed by atoms with Crippen molar-refractivity contribution >= 4 is 30.5 Å². The maximum atomic E-state index is 11.6. The molecule has 1 aliphatic heterocycles. The van der Waals surface area contributed by atoms with Crippen LogP contribution in [-0.2, 0) is 22.5 Å². The summed E-state index contributed by atoms with van der Waals surface area (Å²) in [5.41, 5.74) is 2.35. The number of halogens is 1. The number of ether oxygens (including phenoxy) is 2. The Morgan fingerprint density at radius 2 is 1.69 bits per heavy atom. The summed E-state index contributed by atoms with van der Waals surface area (Å²) in [5.74, 6) is 0.694. The number of benzene rings is 2. The van der Waals surface area contributed by atoms with Crippen LogP contribution in [0, 0.1) is 11.3 Å². The fourth-order valence-electron chi connectivity index (χ4n) is 3.64. The van der Waals surface area contributed by atoms with E-state index >= 15 is 0 Å². The van der Waals surface area contributed by atoms with Crippen molar-refractivity contribution in [2.24, 2.45) is 0 Å². The Labute approximate surface area is 216 Å². The van der Waals surface area contributed by atoms with Gasteiger partial charge in [-0.1, -0.05) is 35.9 Å². The Morgan fingerprint density at radius 3 is 2.39 bits per heavy atom. The second kappa shape index (κ2) is 10.3. The molecular weight excluding hydrogens is 479 g/mol. The summed E-state index contributed by atoms with van der Waals surface area (Å²) in [6, 6.07) is 14.6. The molecule has 0 saturated carbocycles. The molecule has 0 bridgehead atoms. The molecule has 9 heteroatoms. The zero-order chi connectivity index (χ0) is 25.9. The summed E-state index contributed by atoms with van der Waals surface area (Å²) in [7, 11) is -0.473. The lowest BCUT2D eigenvalue weighted by Crippen LogP contribution is -2.41. The SMILES string of the molecule is CC1(C)OB(c2cccc(COc3cc(OCc4cncc(C#N)c4)c(C=O)cc3Cl)c2)OC1(C)C. The van der Waals surface area contributed by atoms with Crippen LogP contribution < -0.4 is 14.9 Å². The van der Waals surface area contributed by atoms with Crippen LogP contribution in [0.5, 0.6) is 11.5 Å². The fourth-order valence-corrected chi connectivity index (χ4v) is 3.86. The zero-order valence-electron chi connectivity index (χ0n) is 20.6. The van der Waals surface area contributed by atoms with Crippen LogP contribution in [0.1, 0.15) is 54.7 Å². The molecule has 0 unspecified atom stereocenters. The third kappa shape index (κ3) is 5.54. The number of hydrogen-bond donors (Lipinski definition) is 0. The van der Waals surface area contributed by atoms with Gasteiger partial charge in [0, 0.05) is 24.0 Å². The maximum absolute atomic E-state index is 11.6. The van der Waals surface area contributed by atoms with Gasteiger partial charge in [0.2, 0.25) is 0 Å². The molecule has 1 aromatic heterocycles. The molecule has 0 N–H and O–H groups in total. The Balaban J connectivity index is 1.47. The first-order valence-electron chi connectivity index (χ1n) is 11.4. The number of nitriles is 1. The van der Waals surface area contributed by atoms with Gasteiger partial charge in [-0.05, 0) is 50.9 Å². The predicted molar refractivity (Wildman–Crippen MR) is 137 cm³/mol. The van der Waals surface area contributed by atoms with E-state index in [1.807, 2.05) is 58.0 Å². The van der Waals surface area contributed by atoms with Gasteiger partial charge in [-0.2, -0.15) is 5.26 Å². The molecule has 0 atom stereocenters. The van der Waals surface area contributed by atoms with Crippen molar-refractivity contribution in [1.29, 1.82) is 5.26 Å². The number of carbonyl (C=O) groups is 1. The molecule has 1 fully saturated rings. The first kappa shape index (κ1) is 25.7. The van der Waals surface area contributed by atoms with E-state index in [1.165, 1.54) is 12.3 Å². The predicted octanol–water partition coefficient (Wildman–Crippen LogP) is 4.88. The van der Waals surface area contributed by atoms with Crippen molar-refractivity contribution in [3.8, 4) is 17.6 Å². The second-order valence-corrected chi connectivity index (χ2v) is 9.95. The minimum atomic E-state index is -0.473. The van der Waals surface area contributed by atoms with Crippen molar-refractivity contribution in [3.05, 3.63) is 82.1 Å². The molecule has 0 spiro atoms. The van der Waals surface area contributed by atoms with Crippen molar-refractivity contribution in [2.75, 3.05) is 0 Å². The lowest BCUT2D eigenvalue weighted by atomic mass is 9.78. The van der Waals surface area contributed by atoms with Gasteiger partial charge in [0.1, 0.15) is 30.8 Å². The summed E-state index contributed by atoms with van der Waals surface area (Å²) < 4.78 is 24.1. The number of aromatic nitrogens is 1. The first-order valence-corrected chi connectivity index (χ1v) is 11.8. The van der Waals surface area contributed by atoms with Gasteiger partial charge in [-0.3, -0.25) is 9.78 Å². The first-order chi connectivity index (χ1) is 17.1. The minimum Gasteiger partial charge on any atom is -0.488 e. The maximum Gasteiger partial charge on any atom is 0.494 e. The van der Waals surface area contributed by atoms with Gasteiger partial charge in [0.25, 0.3) is 0 Å². The van der Waals surface area contributed by atoms with E-state index in [4.69, 9.17) is 35.6 Å². The summed E-state index contributed by atoms with van der Waals surface area (Å²) in [6.45, 7) is 8.42. The van der Waals surface area contributed by atoms with Crippen LogP contribution >= 0.6 is 11.6 Å². The molecule has 2 heterocycles. The molecule has 0 aliphatic carbocycles. The number of hydrogen-bond acceptors (Lipinski definition) is 7. The van der Waals surface area contributed by atoms with E-state index in [9.17, 15) is 4.79 Å². The Kier molecular flexibility index (Phi) is 7.37. The molecule has 2 aromatic carbocycles. The zero-order valence-corrected chi connectivity index (χ0v) is 21.3. The van der Waals surface area contributed by atoms with Gasteiger partial charge in [-0.15, -0.1) is 0 Å². The average molecular weight is 505 g/mol. The molecule has 0 amide bonds. The minimum absolute atomic E-state index is 0.126. The smallest absolute Gasteiger partial charge is 0.488 e. The van der Waals surface area contributed by atoms with Crippen LogP contribution in [-0.4, -0.2) is 29.6 Å². The van der Waals surface area contributed by atoms with Crippen LogP contribution in [0.3, 0.4) is 0 Å². The van der Waals surface area contributed by atoms with Gasteiger partial charge >= 0.3 is 7.12 Å². The number of nitrogens with zero attached hydrogens (tertiary/aromatic N) is 2. The molecular formula is C27H26BClN2O5. The van der Waals surface area contributed by atoms with E-state index in [0.29, 0.717) is 39.5 Å². The van der Waals surface area contributed by atoms with E-state index in [-0.39, 0.29) is 13.2 Å². The number of aldehydes is 1. The molecule has 36 heavy (non-hydrogen) atoms. The highest BCUT2D eigenvalue weighted by molar-refractivity contribution is 6.62. The van der Waals surface area contributed by atoms with E-state index in [0.717, 1.165) is 11.0 Å². The Morgan fingerprint density at radius 1 is 1.00 bits per heavy atom. The van der Waals surface area contributed by atoms with Gasteiger partial charge < -0.3 is 18.8 Å². The molecule has 0 radical (unpaired) electrons. The number of pyridine rings is 1. The van der Waals surface area contributed by atoms with Crippen molar-refractivity contribution < 1.29 is 23.6 Å². The Hall–Kier alpha value is -3.38. The highest BCUT2D eigenvalue weighted by Gasteiger charge is 2.51. The van der Waals surface area contributed by atoms with Crippen molar-refractivity contribution in [3.63, 3.8) is 0 Å². The summed E-state index contributed by atoms with van der Waals surface area (Å²) in [6.07, 6.45) is 3.74. The lowest BCUT2D eigenvalue weighted by Gasteiger charge is -2.32. The molecule has 184 valence electrons. The molecule has 4 rings (SSSR count). The van der Waals surface area contributed by atoms with Crippen molar-refractivity contribution in [1.82, 2.24) is 4.98 Å². The second-order valence-electron chi connectivity index (χ2n) is 9.54. The fraction of sp³-hybridized carbons (Fsp3) is 0.296. The highest BCUT2D eigenvalue weighted by Crippen LogP contribution is 2.37. The van der Waals surface area contributed by atoms with E-state index in [2.05, 4.69) is 4.98 Å². The van der Waals surface area contributed by atoms with Gasteiger partial charge in [-0.25, -0.2) is 0 Å². The van der Waals surface area contributed by atoms with Crippen LogP contribution in [0.15, 0.2) is 54.9 Å². The Bertz CT molecular complexity index is 1310. The molecule has 7 nitrogen and oxygen atoms in total. The number of rotatable bonds is 8. The third-order valence-corrected chi connectivity index (χ3v) is 6.68. The number of carbonyl (C=O) groups excluding carboxylic acids is 1. The molecule has 1 aliphatic rings. The quantitative estimate of drug-likeness (QED) is 0.319. The summed E-state index contributed by atoms with van der Waals surface area (Å²) in [5, 5.41) is 9.34. The van der Waals surface area contributed by atoms with Crippen LogP contribution in [0.25, 0.3) is 0 Å². The standard InChI is InChI=1S/C27H26BClN2O5/c1-26(2)27(3,4)36-28(35-26)22-7-5-6-18(9-22)16-34-25-11-24(21(15-32)10-23(25)29)33-17-20-8-19(12-30)13-31-14-20/h5-11,13-15H,16-17H2,1-4H3. The largest absolute Gasteiger partial charge is 0.494 e.